The SMILES string of the molecule is C/C=C(\C)C1(CC)C(=O)NC(=O)N(C)C1=O. The number of allylic oxidation sites excluding steroid dienone is 1. The number of nitrogens with zero attached hydrogens (tertiary/aromatic N) is 1. The van der Waals surface area contributed by atoms with E-state index in [2.05, 4.69) is 5.32 Å². The van der Waals surface area contributed by atoms with Crippen LogP contribution in [0, 0.1) is 5.41 Å². The summed E-state index contributed by atoms with van der Waals surface area (Å²) in [4.78, 5) is 36.2. The molecule has 5 nitrogen and oxygen atoms in total. The summed E-state index contributed by atoms with van der Waals surface area (Å²) in [6.45, 7) is 5.25. The summed E-state index contributed by atoms with van der Waals surface area (Å²) in [5.41, 5.74) is -0.561. The number of imide groups is 2. The van der Waals surface area contributed by atoms with Crippen molar-refractivity contribution in [1.29, 1.82) is 0 Å². The quantitative estimate of drug-likeness (QED) is 0.563. The number of carbonyl (C=O) groups is 3. The van der Waals surface area contributed by atoms with Crippen molar-refractivity contribution in [2.75, 3.05) is 7.05 Å². The summed E-state index contributed by atoms with van der Waals surface area (Å²) >= 11 is 0. The fourth-order valence-corrected chi connectivity index (χ4v) is 1.95. The summed E-state index contributed by atoms with van der Waals surface area (Å²) in [6.07, 6.45) is 2.07. The van der Waals surface area contributed by atoms with Gasteiger partial charge in [0.05, 0.1) is 0 Å². The highest BCUT2D eigenvalue weighted by molar-refractivity contribution is 6.20. The molecule has 1 aliphatic heterocycles. The van der Waals surface area contributed by atoms with Gasteiger partial charge < -0.3 is 0 Å². The van der Waals surface area contributed by atoms with Crippen molar-refractivity contribution in [1.82, 2.24) is 10.2 Å². The number of rotatable bonds is 2. The number of nitrogens with one attached hydrogen (secondary N) is 1. The maximum Gasteiger partial charge on any atom is 0.330 e. The van der Waals surface area contributed by atoms with E-state index in [1.165, 1.54) is 7.05 Å². The van der Waals surface area contributed by atoms with E-state index in [1.54, 1.807) is 26.8 Å². The predicted octanol–water partition coefficient (Wildman–Crippen LogP) is 1.06. The fourth-order valence-electron chi connectivity index (χ4n) is 1.95. The van der Waals surface area contributed by atoms with Gasteiger partial charge in [0, 0.05) is 7.05 Å². The van der Waals surface area contributed by atoms with Gasteiger partial charge in [0.15, 0.2) is 0 Å². The highest BCUT2D eigenvalue weighted by Gasteiger charge is 2.52. The molecule has 1 heterocycles. The van der Waals surface area contributed by atoms with Crippen LogP contribution in [0.15, 0.2) is 11.6 Å². The van der Waals surface area contributed by atoms with Gasteiger partial charge in [0.2, 0.25) is 11.8 Å². The smallest absolute Gasteiger partial charge is 0.276 e. The predicted molar refractivity (Wildman–Crippen MR) is 58.5 cm³/mol. The minimum atomic E-state index is -1.22. The lowest BCUT2D eigenvalue weighted by Gasteiger charge is -2.37. The van der Waals surface area contributed by atoms with Gasteiger partial charge in [-0.2, -0.15) is 0 Å². The number of carbonyl (C=O) groups excluding carboxylic acids is 3. The number of barbiturate groups is 1. The summed E-state index contributed by atoms with van der Waals surface area (Å²) in [5.74, 6) is -0.988. The van der Waals surface area contributed by atoms with Gasteiger partial charge in [0.1, 0.15) is 5.41 Å². The number of urea groups is 1. The van der Waals surface area contributed by atoms with E-state index in [0.29, 0.717) is 12.0 Å². The molecular formula is C11H16N2O3. The zero-order chi connectivity index (χ0) is 12.5. The van der Waals surface area contributed by atoms with Crippen LogP contribution in [0.2, 0.25) is 0 Å². The number of hydrogen-bond donors (Lipinski definition) is 1. The first-order valence-electron chi connectivity index (χ1n) is 5.18. The molecule has 0 aromatic rings. The average molecular weight is 224 g/mol. The molecule has 0 bridgehead atoms. The van der Waals surface area contributed by atoms with Gasteiger partial charge in [-0.1, -0.05) is 18.6 Å². The zero-order valence-electron chi connectivity index (χ0n) is 9.96. The maximum absolute atomic E-state index is 12.1. The molecular weight excluding hydrogens is 208 g/mol. The molecule has 1 fully saturated rings. The monoisotopic (exact) mass is 224 g/mol. The van der Waals surface area contributed by atoms with Gasteiger partial charge in [-0.3, -0.25) is 19.8 Å². The van der Waals surface area contributed by atoms with E-state index < -0.39 is 23.3 Å². The largest absolute Gasteiger partial charge is 0.330 e. The van der Waals surface area contributed by atoms with Crippen LogP contribution in [0.3, 0.4) is 0 Å². The number of amides is 4. The standard InChI is InChI=1S/C11H16N2O3/c1-5-7(3)11(6-2)8(14)12-10(16)13(4)9(11)15/h5H,6H2,1-4H3,(H,12,14,16)/b7-5+. The first kappa shape index (κ1) is 12.4. The second-order valence-corrected chi connectivity index (χ2v) is 3.85. The minimum Gasteiger partial charge on any atom is -0.276 e. The third-order valence-corrected chi connectivity index (χ3v) is 3.22. The molecule has 0 radical (unpaired) electrons. The van der Waals surface area contributed by atoms with Crippen LogP contribution in [0.5, 0.6) is 0 Å². The molecule has 16 heavy (non-hydrogen) atoms. The molecule has 0 spiro atoms. The topological polar surface area (TPSA) is 66.5 Å². The molecule has 0 saturated carbocycles. The van der Waals surface area contributed by atoms with Crippen LogP contribution in [-0.2, 0) is 9.59 Å². The molecule has 1 atom stereocenters. The maximum atomic E-state index is 12.1. The van der Waals surface area contributed by atoms with E-state index in [-0.39, 0.29) is 0 Å². The van der Waals surface area contributed by atoms with Crippen molar-refractivity contribution in [3.8, 4) is 0 Å². The first-order valence-corrected chi connectivity index (χ1v) is 5.18. The van der Waals surface area contributed by atoms with Crippen molar-refractivity contribution >= 4 is 17.8 Å². The summed E-state index contributed by atoms with van der Waals surface area (Å²) in [5, 5.41) is 2.20. The third kappa shape index (κ3) is 1.43. The molecule has 1 unspecified atom stereocenters. The van der Waals surface area contributed by atoms with Crippen molar-refractivity contribution in [2.24, 2.45) is 5.41 Å². The Labute approximate surface area is 94.5 Å². The van der Waals surface area contributed by atoms with Crippen LogP contribution < -0.4 is 5.32 Å². The van der Waals surface area contributed by atoms with Crippen molar-refractivity contribution in [2.45, 2.75) is 27.2 Å². The lowest BCUT2D eigenvalue weighted by molar-refractivity contribution is -0.148. The summed E-state index contributed by atoms with van der Waals surface area (Å²) < 4.78 is 0. The normalized spacial score (nSPS) is 27.1. The minimum absolute atomic E-state index is 0.339. The Morgan fingerprint density at radius 3 is 2.44 bits per heavy atom. The Morgan fingerprint density at radius 1 is 1.44 bits per heavy atom. The Bertz CT molecular complexity index is 387. The Hall–Kier alpha value is -1.65. The molecule has 1 saturated heterocycles. The molecule has 0 aromatic heterocycles. The molecule has 0 aliphatic carbocycles. The average Bonchev–Trinajstić information content (AvgIpc) is 2.27. The lowest BCUT2D eigenvalue weighted by Crippen LogP contribution is -2.62. The third-order valence-electron chi connectivity index (χ3n) is 3.22. The Morgan fingerprint density at radius 2 is 2.00 bits per heavy atom. The second-order valence-electron chi connectivity index (χ2n) is 3.85. The van der Waals surface area contributed by atoms with E-state index >= 15 is 0 Å². The Balaban J connectivity index is 3.33. The fraction of sp³-hybridized carbons (Fsp3) is 0.545. The van der Waals surface area contributed by atoms with Crippen LogP contribution in [-0.4, -0.2) is 29.8 Å². The van der Waals surface area contributed by atoms with E-state index in [0.717, 1.165) is 4.90 Å². The summed E-state index contributed by atoms with van der Waals surface area (Å²) in [6, 6.07) is -0.664. The highest BCUT2D eigenvalue weighted by atomic mass is 16.2. The number of hydrogen-bond acceptors (Lipinski definition) is 3. The van der Waals surface area contributed by atoms with Crippen LogP contribution in [0.4, 0.5) is 4.79 Å². The van der Waals surface area contributed by atoms with Gasteiger partial charge >= 0.3 is 6.03 Å². The highest BCUT2D eigenvalue weighted by Crippen LogP contribution is 2.35. The first-order chi connectivity index (χ1) is 7.41. The van der Waals surface area contributed by atoms with E-state index in [1.807, 2.05) is 0 Å². The Kier molecular flexibility index (Phi) is 3.16. The van der Waals surface area contributed by atoms with Gasteiger partial charge in [-0.15, -0.1) is 0 Å². The molecule has 1 aliphatic rings. The van der Waals surface area contributed by atoms with Crippen LogP contribution >= 0.6 is 0 Å². The van der Waals surface area contributed by atoms with E-state index in [9.17, 15) is 14.4 Å². The molecule has 0 aromatic carbocycles. The molecule has 5 heteroatoms. The van der Waals surface area contributed by atoms with Crippen molar-refractivity contribution in [3.63, 3.8) is 0 Å². The van der Waals surface area contributed by atoms with Crippen molar-refractivity contribution < 1.29 is 14.4 Å². The zero-order valence-corrected chi connectivity index (χ0v) is 9.96. The molecule has 1 N–H and O–H groups in total. The van der Waals surface area contributed by atoms with E-state index in [4.69, 9.17) is 0 Å². The lowest BCUT2D eigenvalue weighted by atomic mass is 9.75. The second kappa shape index (κ2) is 4.08. The molecule has 88 valence electrons. The van der Waals surface area contributed by atoms with Crippen LogP contribution in [0.1, 0.15) is 27.2 Å². The van der Waals surface area contributed by atoms with Crippen molar-refractivity contribution in [3.05, 3.63) is 11.6 Å². The molecule has 4 amide bonds. The van der Waals surface area contributed by atoms with Gasteiger partial charge in [-0.05, 0) is 20.3 Å². The van der Waals surface area contributed by atoms with Gasteiger partial charge in [0.25, 0.3) is 0 Å². The molecule has 1 rings (SSSR count). The van der Waals surface area contributed by atoms with Gasteiger partial charge in [-0.25, -0.2) is 4.79 Å². The summed E-state index contributed by atoms with van der Waals surface area (Å²) in [7, 11) is 1.37. The van der Waals surface area contributed by atoms with Crippen LogP contribution in [0.25, 0.3) is 0 Å².